The Bertz CT molecular complexity index is 595. The van der Waals surface area contributed by atoms with Crippen LogP contribution in [0, 0.1) is 5.92 Å². The summed E-state index contributed by atoms with van der Waals surface area (Å²) in [6.07, 6.45) is 4.25. The molecule has 0 aromatic rings. The molecule has 146 valence electrons. The zero-order valence-electron chi connectivity index (χ0n) is 15.8. The Hall–Kier alpha value is -1.69. The Morgan fingerprint density at radius 3 is 2.42 bits per heavy atom. The molecule has 0 unspecified atom stereocenters. The zero-order valence-corrected chi connectivity index (χ0v) is 15.8. The fourth-order valence-electron chi connectivity index (χ4n) is 3.04. The van der Waals surface area contributed by atoms with Crippen LogP contribution in [0.4, 0.5) is 13.2 Å². The Morgan fingerprint density at radius 1 is 1.19 bits per heavy atom. The number of nitrogens with zero attached hydrogens (tertiary/aromatic N) is 1. The van der Waals surface area contributed by atoms with E-state index in [4.69, 9.17) is 4.74 Å². The fourth-order valence-corrected chi connectivity index (χ4v) is 3.04. The molecule has 0 bridgehead atoms. The van der Waals surface area contributed by atoms with Crippen molar-refractivity contribution < 1.29 is 17.9 Å². The minimum atomic E-state index is -4.29. The average Bonchev–Trinajstić information content (AvgIpc) is 2.60. The molecule has 1 aliphatic carbocycles. The van der Waals surface area contributed by atoms with E-state index in [1.54, 1.807) is 20.8 Å². The summed E-state index contributed by atoms with van der Waals surface area (Å²) in [7, 11) is 0. The van der Waals surface area contributed by atoms with Crippen LogP contribution in [0.3, 0.4) is 0 Å². The van der Waals surface area contributed by atoms with Crippen molar-refractivity contribution in [1.82, 2.24) is 10.2 Å². The quantitative estimate of drug-likeness (QED) is 0.694. The molecule has 0 radical (unpaired) electrons. The van der Waals surface area contributed by atoms with Crippen LogP contribution in [0.1, 0.15) is 33.6 Å². The van der Waals surface area contributed by atoms with Gasteiger partial charge < -0.3 is 15.0 Å². The molecule has 0 aromatic carbocycles. The van der Waals surface area contributed by atoms with E-state index in [0.29, 0.717) is 6.61 Å². The summed E-state index contributed by atoms with van der Waals surface area (Å²) >= 11 is 0. The first-order valence-electron chi connectivity index (χ1n) is 9.20. The van der Waals surface area contributed by atoms with Gasteiger partial charge in [0.25, 0.3) is 0 Å². The molecule has 1 saturated heterocycles. The molecule has 0 atom stereocenters. The Morgan fingerprint density at radius 2 is 1.88 bits per heavy atom. The first kappa shape index (κ1) is 20.6. The van der Waals surface area contributed by atoms with Gasteiger partial charge in [-0.1, -0.05) is 26.0 Å². The highest BCUT2D eigenvalue weighted by Gasteiger charge is 2.34. The number of halogens is 3. The largest absolute Gasteiger partial charge is 0.494 e. The lowest BCUT2D eigenvalue weighted by atomic mass is 10.0. The summed E-state index contributed by atoms with van der Waals surface area (Å²) in [4.78, 5) is 2.39. The van der Waals surface area contributed by atoms with E-state index < -0.39 is 17.7 Å². The maximum absolute atomic E-state index is 12.9. The maximum atomic E-state index is 12.9. The summed E-state index contributed by atoms with van der Waals surface area (Å²) in [6.45, 7) is 9.28. The topological polar surface area (TPSA) is 24.5 Å². The molecular formula is C20H29F3N2O. The molecule has 2 aliphatic rings. The second-order valence-electron chi connectivity index (χ2n) is 7.10. The fraction of sp³-hybridized carbons (Fsp3) is 0.600. The average molecular weight is 370 g/mol. The minimum absolute atomic E-state index is 0.308. The molecule has 2 rings (SSSR count). The Labute approximate surface area is 154 Å². The highest BCUT2D eigenvalue weighted by atomic mass is 19.4. The first-order valence-corrected chi connectivity index (χ1v) is 9.20. The van der Waals surface area contributed by atoms with Gasteiger partial charge in [0, 0.05) is 43.9 Å². The lowest BCUT2D eigenvalue weighted by molar-refractivity contribution is -0.0976. The van der Waals surface area contributed by atoms with E-state index >= 15 is 0 Å². The van der Waals surface area contributed by atoms with E-state index in [0.717, 1.165) is 50.4 Å². The van der Waals surface area contributed by atoms with Crippen molar-refractivity contribution in [3.8, 4) is 0 Å². The number of piperazine rings is 1. The molecule has 0 amide bonds. The van der Waals surface area contributed by atoms with Crippen LogP contribution < -0.4 is 5.32 Å². The number of ether oxygens (including phenoxy) is 1. The van der Waals surface area contributed by atoms with E-state index in [9.17, 15) is 13.2 Å². The van der Waals surface area contributed by atoms with Crippen molar-refractivity contribution in [3.05, 3.63) is 46.9 Å². The van der Waals surface area contributed by atoms with Crippen LogP contribution in [0.5, 0.6) is 0 Å². The summed E-state index contributed by atoms with van der Waals surface area (Å²) in [5, 5.41) is 3.34. The van der Waals surface area contributed by atoms with Gasteiger partial charge in [-0.3, -0.25) is 0 Å². The van der Waals surface area contributed by atoms with Gasteiger partial charge in [0.05, 0.1) is 5.76 Å². The summed E-state index contributed by atoms with van der Waals surface area (Å²) in [5.41, 5.74) is 1.59. The van der Waals surface area contributed by atoms with Crippen LogP contribution in [0.25, 0.3) is 0 Å². The minimum Gasteiger partial charge on any atom is -0.494 e. The third kappa shape index (κ3) is 6.24. The number of nitrogens with one attached hydrogen (secondary N) is 1. The van der Waals surface area contributed by atoms with Crippen LogP contribution in [0.15, 0.2) is 46.9 Å². The van der Waals surface area contributed by atoms with Crippen LogP contribution in [0.2, 0.25) is 0 Å². The van der Waals surface area contributed by atoms with Gasteiger partial charge in [-0.25, -0.2) is 0 Å². The standard InChI is InChI=1S/C20H29F3N2O/c1-15(2)19(20(21,22)23)9-4-16(3)14-26-18-7-5-17(6-8-18)25-12-10-24-11-13-25/h4-5,7,9,15,24H,6,8,10-14H2,1-3H3. The Kier molecular flexibility index (Phi) is 7.38. The third-order valence-electron chi connectivity index (χ3n) is 4.59. The lowest BCUT2D eigenvalue weighted by Crippen LogP contribution is -2.43. The third-order valence-corrected chi connectivity index (χ3v) is 4.59. The molecule has 26 heavy (non-hydrogen) atoms. The number of hydrogen-bond donors (Lipinski definition) is 1. The molecule has 1 heterocycles. The molecule has 0 saturated carbocycles. The highest BCUT2D eigenvalue weighted by molar-refractivity contribution is 5.23. The normalized spacial score (nSPS) is 20.2. The summed E-state index contributed by atoms with van der Waals surface area (Å²) in [5.74, 6) is 0.329. The zero-order chi connectivity index (χ0) is 19.2. The monoisotopic (exact) mass is 370 g/mol. The molecule has 1 fully saturated rings. The van der Waals surface area contributed by atoms with Gasteiger partial charge in [0.2, 0.25) is 0 Å². The second kappa shape index (κ2) is 9.31. The number of allylic oxidation sites excluding steroid dienone is 7. The van der Waals surface area contributed by atoms with E-state index in [2.05, 4.69) is 16.3 Å². The van der Waals surface area contributed by atoms with Gasteiger partial charge in [-0.15, -0.1) is 0 Å². The SMILES string of the molecule is CC(=CC=C(C(C)C)C(F)(F)F)COC1=CC=C(N2CCNCC2)CC1. The Balaban J connectivity index is 1.90. The predicted molar refractivity (Wildman–Crippen MR) is 98.5 cm³/mol. The number of rotatable bonds is 6. The van der Waals surface area contributed by atoms with Crippen molar-refractivity contribution >= 4 is 0 Å². The first-order chi connectivity index (χ1) is 12.3. The predicted octanol–water partition coefficient (Wildman–Crippen LogP) is 4.56. The molecule has 0 aromatic heterocycles. The van der Waals surface area contributed by atoms with Crippen molar-refractivity contribution in [2.75, 3.05) is 32.8 Å². The van der Waals surface area contributed by atoms with E-state index in [1.165, 1.54) is 17.8 Å². The van der Waals surface area contributed by atoms with Crippen LogP contribution >= 0.6 is 0 Å². The molecular weight excluding hydrogens is 341 g/mol. The van der Waals surface area contributed by atoms with Crippen LogP contribution in [-0.4, -0.2) is 43.9 Å². The van der Waals surface area contributed by atoms with Gasteiger partial charge in [0.15, 0.2) is 0 Å². The molecule has 6 heteroatoms. The summed E-state index contributed by atoms with van der Waals surface area (Å²) in [6, 6.07) is 0. The van der Waals surface area contributed by atoms with Crippen molar-refractivity contribution in [2.45, 2.75) is 39.8 Å². The number of alkyl halides is 3. The van der Waals surface area contributed by atoms with E-state index in [-0.39, 0.29) is 0 Å². The number of hydrogen-bond acceptors (Lipinski definition) is 3. The molecule has 1 aliphatic heterocycles. The van der Waals surface area contributed by atoms with Gasteiger partial charge in [0.1, 0.15) is 6.61 Å². The van der Waals surface area contributed by atoms with Gasteiger partial charge >= 0.3 is 6.18 Å². The summed E-state index contributed by atoms with van der Waals surface area (Å²) < 4.78 is 44.6. The maximum Gasteiger partial charge on any atom is 0.412 e. The smallest absolute Gasteiger partial charge is 0.412 e. The van der Waals surface area contributed by atoms with Gasteiger partial charge in [-0.05, 0) is 37.0 Å². The van der Waals surface area contributed by atoms with Crippen molar-refractivity contribution in [2.24, 2.45) is 5.92 Å². The second-order valence-corrected chi connectivity index (χ2v) is 7.10. The van der Waals surface area contributed by atoms with Crippen LogP contribution in [-0.2, 0) is 4.74 Å². The molecule has 1 N–H and O–H groups in total. The van der Waals surface area contributed by atoms with Crippen molar-refractivity contribution in [3.63, 3.8) is 0 Å². The molecule has 3 nitrogen and oxygen atoms in total. The lowest BCUT2D eigenvalue weighted by Gasteiger charge is -2.32. The van der Waals surface area contributed by atoms with Gasteiger partial charge in [-0.2, -0.15) is 13.2 Å². The van der Waals surface area contributed by atoms with Crippen molar-refractivity contribution in [1.29, 1.82) is 0 Å². The molecule has 0 spiro atoms. The van der Waals surface area contributed by atoms with E-state index in [1.807, 2.05) is 6.08 Å². The highest BCUT2D eigenvalue weighted by Crippen LogP contribution is 2.31.